The minimum Gasteiger partial charge on any atom is -1.00 e. The molecule has 0 aliphatic heterocycles. The second kappa shape index (κ2) is 5.70. The molecule has 0 spiro atoms. The molecule has 0 fully saturated rings. The van der Waals surface area contributed by atoms with Crippen LogP contribution in [0.5, 0.6) is 0 Å². The second-order valence-corrected chi connectivity index (χ2v) is 0.881. The van der Waals surface area contributed by atoms with E-state index >= 15 is 0 Å². The molecule has 1 nitrogen and oxygen atoms in total. The van der Waals surface area contributed by atoms with Crippen molar-refractivity contribution in [1.82, 2.24) is 0 Å². The minimum atomic E-state index is -0.509. The van der Waals surface area contributed by atoms with E-state index < -0.39 is 5.24 Å². The van der Waals surface area contributed by atoms with E-state index in [9.17, 15) is 4.79 Å². The summed E-state index contributed by atoms with van der Waals surface area (Å²) in [4.78, 5) is 9.46. The SMILES string of the molecule is C=CC(=O)Cl.[H-].[Na+]. The molecule has 0 aromatic carbocycles. The molecule has 0 saturated carbocycles. The number of hydrogen-bond acceptors (Lipinski definition) is 1. The van der Waals surface area contributed by atoms with Crippen LogP contribution in [0.4, 0.5) is 0 Å². The molecule has 0 rings (SSSR count). The first-order valence-corrected chi connectivity index (χ1v) is 1.47. The predicted molar refractivity (Wildman–Crippen MR) is 22.2 cm³/mol. The van der Waals surface area contributed by atoms with Gasteiger partial charge in [0.2, 0.25) is 5.24 Å². The Kier molecular flexibility index (Phi) is 9.36. The quantitative estimate of drug-likeness (QED) is 0.220. The van der Waals surface area contributed by atoms with Gasteiger partial charge in [-0.1, -0.05) is 6.58 Å². The molecule has 0 aliphatic carbocycles. The van der Waals surface area contributed by atoms with Gasteiger partial charge in [-0.2, -0.15) is 0 Å². The predicted octanol–water partition coefficient (Wildman–Crippen LogP) is -1.95. The third kappa shape index (κ3) is 8.83. The first-order chi connectivity index (χ1) is 2.27. The maximum atomic E-state index is 9.46. The molecule has 0 N–H and O–H groups in total. The molecule has 0 bridgehead atoms. The second-order valence-electron chi connectivity index (χ2n) is 0.508. The number of carbonyl (C=O) groups excluding carboxylic acids is 1. The van der Waals surface area contributed by atoms with Gasteiger partial charge in [-0.3, -0.25) is 4.79 Å². The molecule has 30 valence electrons. The number of rotatable bonds is 1. The van der Waals surface area contributed by atoms with E-state index in [0.29, 0.717) is 0 Å². The van der Waals surface area contributed by atoms with E-state index in [-0.39, 0.29) is 31.0 Å². The van der Waals surface area contributed by atoms with Gasteiger partial charge < -0.3 is 1.43 Å². The molecular weight excluding hydrogens is 110 g/mol. The molecule has 3 heteroatoms. The fraction of sp³-hybridized carbons (Fsp3) is 0. The number of halogens is 1. The zero-order chi connectivity index (χ0) is 4.28. The fourth-order valence-corrected chi connectivity index (χ4v) is 0. The van der Waals surface area contributed by atoms with Crippen LogP contribution in [0.25, 0.3) is 0 Å². The van der Waals surface area contributed by atoms with Crippen molar-refractivity contribution in [1.29, 1.82) is 0 Å². The van der Waals surface area contributed by atoms with E-state index in [0.717, 1.165) is 6.08 Å². The first kappa shape index (κ1) is 9.85. The Bertz CT molecular complexity index is 66.0. The smallest absolute Gasteiger partial charge is 1.00 e. The van der Waals surface area contributed by atoms with E-state index in [2.05, 4.69) is 6.58 Å². The molecule has 0 atom stereocenters. The van der Waals surface area contributed by atoms with E-state index in [4.69, 9.17) is 11.6 Å². The molecule has 0 unspecified atom stereocenters. The van der Waals surface area contributed by atoms with Gasteiger partial charge in [0, 0.05) is 0 Å². The molecule has 0 amide bonds. The number of hydrogen-bond donors (Lipinski definition) is 0. The van der Waals surface area contributed by atoms with Gasteiger partial charge in [0.25, 0.3) is 0 Å². The summed E-state index contributed by atoms with van der Waals surface area (Å²) in [7, 11) is 0. The molecule has 0 radical (unpaired) electrons. The molecular formula is C3H4ClNaO. The summed E-state index contributed by atoms with van der Waals surface area (Å²) >= 11 is 4.71. The summed E-state index contributed by atoms with van der Waals surface area (Å²) in [5, 5.41) is -0.509. The van der Waals surface area contributed by atoms with Crippen LogP contribution >= 0.6 is 11.6 Å². The largest absolute Gasteiger partial charge is 1.00 e. The van der Waals surface area contributed by atoms with E-state index in [1.54, 1.807) is 0 Å². The summed E-state index contributed by atoms with van der Waals surface area (Å²) in [6.07, 6.45) is 1.04. The summed E-state index contributed by atoms with van der Waals surface area (Å²) in [5.41, 5.74) is 0. The monoisotopic (exact) mass is 114 g/mol. The molecule has 6 heavy (non-hydrogen) atoms. The normalized spacial score (nSPS) is 5.50. The van der Waals surface area contributed by atoms with Crippen LogP contribution in [0, 0.1) is 0 Å². The zero-order valence-electron chi connectivity index (χ0n) is 4.57. The van der Waals surface area contributed by atoms with E-state index in [1.165, 1.54) is 0 Å². The van der Waals surface area contributed by atoms with Gasteiger partial charge in [-0.05, 0) is 17.7 Å². The van der Waals surface area contributed by atoms with Crippen LogP contribution < -0.4 is 29.6 Å². The van der Waals surface area contributed by atoms with Crippen molar-refractivity contribution >= 4 is 16.8 Å². The molecule has 0 aromatic rings. The van der Waals surface area contributed by atoms with Crippen LogP contribution in [-0.4, -0.2) is 5.24 Å². The van der Waals surface area contributed by atoms with Gasteiger partial charge in [-0.15, -0.1) is 0 Å². The van der Waals surface area contributed by atoms with Crippen LogP contribution in [0.3, 0.4) is 0 Å². The Morgan fingerprint density at radius 1 is 2.00 bits per heavy atom. The Labute approximate surface area is 65.1 Å². The van der Waals surface area contributed by atoms with Crippen LogP contribution in [0.15, 0.2) is 12.7 Å². The molecule has 0 aromatic heterocycles. The van der Waals surface area contributed by atoms with E-state index in [1.807, 2.05) is 0 Å². The van der Waals surface area contributed by atoms with Crippen molar-refractivity contribution < 1.29 is 35.8 Å². The van der Waals surface area contributed by atoms with Crippen LogP contribution in [0.2, 0.25) is 0 Å². The van der Waals surface area contributed by atoms with Crippen molar-refractivity contribution in [3.05, 3.63) is 12.7 Å². The molecule has 0 heterocycles. The Hall–Kier alpha value is 0.700. The van der Waals surface area contributed by atoms with Gasteiger partial charge in [0.1, 0.15) is 0 Å². The fourth-order valence-electron chi connectivity index (χ4n) is 0. The maximum Gasteiger partial charge on any atom is 1.00 e. The summed E-state index contributed by atoms with van der Waals surface area (Å²) < 4.78 is 0. The van der Waals surface area contributed by atoms with Crippen molar-refractivity contribution in [3.63, 3.8) is 0 Å². The third-order valence-corrected chi connectivity index (χ3v) is 0.315. The summed E-state index contributed by atoms with van der Waals surface area (Å²) in [6.45, 7) is 3.08. The zero-order valence-corrected chi connectivity index (χ0v) is 6.33. The van der Waals surface area contributed by atoms with Gasteiger partial charge in [0.15, 0.2) is 0 Å². The Morgan fingerprint density at radius 3 is 2.17 bits per heavy atom. The van der Waals surface area contributed by atoms with Gasteiger partial charge >= 0.3 is 29.6 Å². The maximum absolute atomic E-state index is 9.46. The Morgan fingerprint density at radius 2 is 2.17 bits per heavy atom. The molecule has 0 aliphatic rings. The summed E-state index contributed by atoms with van der Waals surface area (Å²) in [6, 6.07) is 0. The van der Waals surface area contributed by atoms with Gasteiger partial charge in [0.05, 0.1) is 0 Å². The molecule has 0 saturated heterocycles. The first-order valence-electron chi connectivity index (χ1n) is 1.09. The number of carbonyl (C=O) groups is 1. The van der Waals surface area contributed by atoms with Crippen LogP contribution in [0.1, 0.15) is 1.43 Å². The van der Waals surface area contributed by atoms with Crippen molar-refractivity contribution in [2.45, 2.75) is 0 Å². The van der Waals surface area contributed by atoms with Crippen LogP contribution in [-0.2, 0) is 4.79 Å². The minimum absolute atomic E-state index is 0. The van der Waals surface area contributed by atoms with Crippen molar-refractivity contribution in [2.75, 3.05) is 0 Å². The topological polar surface area (TPSA) is 17.1 Å². The van der Waals surface area contributed by atoms with Crippen molar-refractivity contribution in [3.8, 4) is 0 Å². The summed E-state index contributed by atoms with van der Waals surface area (Å²) in [5.74, 6) is 0. The average Bonchev–Trinajstić information content (AvgIpc) is 1.38. The average molecular weight is 115 g/mol. The third-order valence-electron chi connectivity index (χ3n) is 0.160. The Balaban J connectivity index is -0.0000000800. The van der Waals surface area contributed by atoms with Crippen molar-refractivity contribution in [2.24, 2.45) is 0 Å². The standard InChI is InChI=1S/C3H3ClO.Na.H/c1-2-3(4)5;;/h2H,1H2;;/q;+1;-1. The number of allylic oxidation sites excluding steroid dienone is 1. The van der Waals surface area contributed by atoms with Gasteiger partial charge in [-0.25, -0.2) is 0 Å².